The van der Waals surface area contributed by atoms with Gasteiger partial charge in [-0.05, 0) is 30.7 Å². The van der Waals surface area contributed by atoms with E-state index in [0.29, 0.717) is 11.7 Å². The zero-order chi connectivity index (χ0) is 21.7. The van der Waals surface area contributed by atoms with Crippen molar-refractivity contribution in [2.45, 2.75) is 71.3 Å². The number of rotatable bonds is 9. The van der Waals surface area contributed by atoms with Crippen LogP contribution in [0.1, 0.15) is 24.2 Å². The Hall–Kier alpha value is -1.67. The SMILES string of the molecule is C=C(C[Si](C)(C)C)[C@H](OC(C)=O)[C@H](C)N(C[Si](C)(C)C)C(=O)c1ccccc1. The highest BCUT2D eigenvalue weighted by Gasteiger charge is 2.35. The molecule has 156 valence electrons. The van der Waals surface area contributed by atoms with Crippen molar-refractivity contribution in [3.05, 3.63) is 48.0 Å². The monoisotopic (exact) mass is 419 g/mol. The second-order valence-electron chi connectivity index (χ2n) is 10.0. The Balaban J connectivity index is 3.27. The normalized spacial score (nSPS) is 14.1. The molecule has 0 aliphatic carbocycles. The summed E-state index contributed by atoms with van der Waals surface area (Å²) < 4.78 is 5.71. The Kier molecular flexibility index (Phi) is 8.44. The van der Waals surface area contributed by atoms with Crippen LogP contribution in [-0.4, -0.2) is 51.2 Å². The van der Waals surface area contributed by atoms with Crippen LogP contribution in [0, 0.1) is 0 Å². The minimum atomic E-state index is -1.60. The first-order valence-corrected chi connectivity index (χ1v) is 17.3. The Morgan fingerprint density at radius 2 is 1.57 bits per heavy atom. The summed E-state index contributed by atoms with van der Waals surface area (Å²) >= 11 is 0. The van der Waals surface area contributed by atoms with E-state index in [1.807, 2.05) is 42.2 Å². The molecule has 1 amide bonds. The third-order valence-corrected chi connectivity index (χ3v) is 7.11. The molecule has 1 aromatic carbocycles. The predicted molar refractivity (Wildman–Crippen MR) is 123 cm³/mol. The maximum absolute atomic E-state index is 13.3. The van der Waals surface area contributed by atoms with E-state index in [1.165, 1.54) is 6.92 Å². The van der Waals surface area contributed by atoms with E-state index in [-0.39, 0.29) is 17.9 Å². The maximum atomic E-state index is 13.3. The van der Waals surface area contributed by atoms with Crippen molar-refractivity contribution >= 4 is 28.0 Å². The highest BCUT2D eigenvalue weighted by Crippen LogP contribution is 2.26. The standard InChI is InChI=1S/C22H37NO3Si2/c1-17(15-27(4,5)6)21(26-19(3)24)18(2)23(16-28(7,8)9)22(25)20-13-11-10-12-14-20/h10-14,18,21H,1,15-16H2,2-9H3/t18-,21-/m0/s1. The number of carbonyl (C=O) groups excluding carboxylic acids is 2. The van der Waals surface area contributed by atoms with Crippen LogP contribution in [0.2, 0.25) is 45.3 Å². The molecule has 0 heterocycles. The van der Waals surface area contributed by atoms with Gasteiger partial charge in [0.2, 0.25) is 0 Å². The number of ether oxygens (including phenoxy) is 1. The Labute approximate surface area is 173 Å². The number of amides is 1. The second-order valence-corrected chi connectivity index (χ2v) is 20.9. The maximum Gasteiger partial charge on any atom is 0.303 e. The highest BCUT2D eigenvalue weighted by atomic mass is 28.3. The van der Waals surface area contributed by atoms with Crippen LogP contribution in [-0.2, 0) is 9.53 Å². The van der Waals surface area contributed by atoms with E-state index in [4.69, 9.17) is 4.74 Å². The fraction of sp³-hybridized carbons (Fsp3) is 0.545. The number of hydrogen-bond acceptors (Lipinski definition) is 3. The van der Waals surface area contributed by atoms with Gasteiger partial charge in [-0.3, -0.25) is 9.59 Å². The van der Waals surface area contributed by atoms with Crippen LogP contribution in [0.3, 0.4) is 0 Å². The lowest BCUT2D eigenvalue weighted by Gasteiger charge is -2.39. The molecule has 0 radical (unpaired) electrons. The second kappa shape index (κ2) is 9.70. The van der Waals surface area contributed by atoms with Crippen LogP contribution in [0.15, 0.2) is 42.5 Å². The summed E-state index contributed by atoms with van der Waals surface area (Å²) in [7, 11) is -3.04. The summed E-state index contributed by atoms with van der Waals surface area (Å²) in [5.41, 5.74) is 1.56. The highest BCUT2D eigenvalue weighted by molar-refractivity contribution is 6.77. The van der Waals surface area contributed by atoms with Gasteiger partial charge in [-0.1, -0.05) is 64.1 Å². The number of benzene rings is 1. The molecule has 0 aliphatic heterocycles. The van der Waals surface area contributed by atoms with Gasteiger partial charge in [0.15, 0.2) is 0 Å². The van der Waals surface area contributed by atoms with Gasteiger partial charge in [-0.15, -0.1) is 0 Å². The minimum Gasteiger partial charge on any atom is -0.456 e. The first kappa shape index (κ1) is 24.4. The van der Waals surface area contributed by atoms with Crippen LogP contribution in [0.4, 0.5) is 0 Å². The molecule has 0 N–H and O–H groups in total. The summed E-state index contributed by atoms with van der Waals surface area (Å²) in [6.45, 7) is 21.2. The van der Waals surface area contributed by atoms with E-state index >= 15 is 0 Å². The van der Waals surface area contributed by atoms with Gasteiger partial charge in [0.1, 0.15) is 6.10 Å². The number of carbonyl (C=O) groups is 2. The lowest BCUT2D eigenvalue weighted by molar-refractivity contribution is -0.146. The topological polar surface area (TPSA) is 46.6 Å². The first-order valence-electron chi connectivity index (χ1n) is 9.92. The average Bonchev–Trinajstić information content (AvgIpc) is 2.54. The van der Waals surface area contributed by atoms with Crippen molar-refractivity contribution in [1.82, 2.24) is 4.90 Å². The minimum absolute atomic E-state index is 0.0199. The zero-order valence-corrected chi connectivity index (χ0v) is 20.8. The lowest BCUT2D eigenvalue weighted by Crippen LogP contribution is -2.53. The lowest BCUT2D eigenvalue weighted by atomic mass is 10.0. The van der Waals surface area contributed by atoms with Gasteiger partial charge >= 0.3 is 5.97 Å². The van der Waals surface area contributed by atoms with Crippen LogP contribution in [0.25, 0.3) is 0 Å². The van der Waals surface area contributed by atoms with Gasteiger partial charge in [-0.2, -0.15) is 0 Å². The smallest absolute Gasteiger partial charge is 0.303 e. The number of nitrogens with zero attached hydrogens (tertiary/aromatic N) is 1. The van der Waals surface area contributed by atoms with Crippen molar-refractivity contribution in [2.75, 3.05) is 6.17 Å². The van der Waals surface area contributed by atoms with Crippen LogP contribution < -0.4 is 0 Å². The average molecular weight is 420 g/mol. The Morgan fingerprint density at radius 1 is 1.04 bits per heavy atom. The van der Waals surface area contributed by atoms with E-state index in [1.54, 1.807) is 0 Å². The molecule has 0 fully saturated rings. The van der Waals surface area contributed by atoms with Gasteiger partial charge in [0.05, 0.1) is 14.1 Å². The van der Waals surface area contributed by atoms with Crippen LogP contribution in [0.5, 0.6) is 0 Å². The molecule has 0 unspecified atom stereocenters. The van der Waals surface area contributed by atoms with Gasteiger partial charge in [-0.25, -0.2) is 0 Å². The molecule has 0 bridgehead atoms. The fourth-order valence-corrected chi connectivity index (χ4v) is 6.32. The van der Waals surface area contributed by atoms with E-state index in [9.17, 15) is 9.59 Å². The quantitative estimate of drug-likeness (QED) is 0.313. The summed E-state index contributed by atoms with van der Waals surface area (Å²) in [4.78, 5) is 27.1. The molecule has 0 aliphatic rings. The van der Waals surface area contributed by atoms with Crippen molar-refractivity contribution in [1.29, 1.82) is 0 Å². The number of esters is 1. The molecule has 6 heteroatoms. The third-order valence-electron chi connectivity index (χ3n) is 4.31. The molecule has 4 nitrogen and oxygen atoms in total. The van der Waals surface area contributed by atoms with Gasteiger partial charge < -0.3 is 9.64 Å². The predicted octanol–water partition coefficient (Wildman–Crippen LogP) is 5.22. The van der Waals surface area contributed by atoms with Gasteiger partial charge in [0.25, 0.3) is 5.91 Å². The first-order chi connectivity index (χ1) is 12.7. The molecule has 0 spiro atoms. The summed E-state index contributed by atoms with van der Waals surface area (Å²) in [5, 5.41) is 0. The Bertz CT molecular complexity index is 690. The molecule has 0 saturated heterocycles. The molecule has 0 aromatic heterocycles. The fourth-order valence-electron chi connectivity index (χ4n) is 3.31. The van der Waals surface area contributed by atoms with E-state index < -0.39 is 22.3 Å². The molecular weight excluding hydrogens is 382 g/mol. The van der Waals surface area contributed by atoms with Crippen LogP contribution >= 0.6 is 0 Å². The van der Waals surface area contributed by atoms with Crippen molar-refractivity contribution < 1.29 is 14.3 Å². The third kappa shape index (κ3) is 8.14. The van der Waals surface area contributed by atoms with E-state index in [2.05, 4.69) is 45.9 Å². The molecule has 1 aromatic rings. The summed E-state index contributed by atoms with van der Waals surface area (Å²) in [6, 6.07) is 9.91. The summed E-state index contributed by atoms with van der Waals surface area (Å²) in [6.07, 6.45) is 0.202. The number of hydrogen-bond donors (Lipinski definition) is 0. The van der Waals surface area contributed by atoms with Gasteiger partial charge in [0, 0.05) is 26.7 Å². The Morgan fingerprint density at radius 3 is 2.00 bits per heavy atom. The summed E-state index contributed by atoms with van der Waals surface area (Å²) in [5.74, 6) is -0.359. The molecule has 1 rings (SSSR count). The van der Waals surface area contributed by atoms with Crippen molar-refractivity contribution in [3.8, 4) is 0 Å². The zero-order valence-electron chi connectivity index (χ0n) is 18.8. The molecule has 0 saturated carbocycles. The van der Waals surface area contributed by atoms with Crippen molar-refractivity contribution in [3.63, 3.8) is 0 Å². The van der Waals surface area contributed by atoms with Crippen molar-refractivity contribution in [2.24, 2.45) is 0 Å². The molecule has 28 heavy (non-hydrogen) atoms. The molecular formula is C22H37NO3Si2. The molecule has 2 atom stereocenters. The van der Waals surface area contributed by atoms with E-state index in [0.717, 1.165) is 11.6 Å². The largest absolute Gasteiger partial charge is 0.456 e.